The Hall–Kier alpha value is -2.39. The van der Waals surface area contributed by atoms with Crippen LogP contribution in [0.3, 0.4) is 0 Å². The van der Waals surface area contributed by atoms with E-state index in [0.717, 1.165) is 0 Å². The summed E-state index contributed by atoms with van der Waals surface area (Å²) in [6.07, 6.45) is 1.20. The average Bonchev–Trinajstić information content (AvgIpc) is 2.68. The van der Waals surface area contributed by atoms with Gasteiger partial charge in [-0.1, -0.05) is 0 Å². The number of pyridine rings is 1. The zero-order chi connectivity index (χ0) is 19.4. The number of carbonyl (C=O) groups is 1. The predicted molar refractivity (Wildman–Crippen MR) is 100 cm³/mol. The number of ether oxygens (including phenoxy) is 2. The molecule has 0 spiro atoms. The Bertz CT molecular complexity index is 924. The van der Waals surface area contributed by atoms with E-state index in [4.69, 9.17) is 9.47 Å². The Morgan fingerprint density at radius 1 is 1.11 bits per heavy atom. The summed E-state index contributed by atoms with van der Waals surface area (Å²) in [5.74, 6) is 0.555. The molecule has 1 aliphatic rings. The van der Waals surface area contributed by atoms with Crippen molar-refractivity contribution in [3.8, 4) is 5.75 Å². The van der Waals surface area contributed by atoms with Crippen LogP contribution in [0.1, 0.15) is 13.8 Å². The minimum Gasteiger partial charge on any atom is -0.492 e. The second kappa shape index (κ2) is 8.10. The fourth-order valence-electron chi connectivity index (χ4n) is 3.08. The van der Waals surface area contributed by atoms with Crippen LogP contribution < -0.4 is 4.74 Å². The van der Waals surface area contributed by atoms with Gasteiger partial charge in [0.2, 0.25) is 10.0 Å². The van der Waals surface area contributed by atoms with Crippen LogP contribution in [-0.4, -0.2) is 68.1 Å². The van der Waals surface area contributed by atoms with E-state index in [9.17, 15) is 13.2 Å². The normalized spacial score (nSPS) is 15.7. The minimum absolute atomic E-state index is 0.193. The van der Waals surface area contributed by atoms with E-state index in [1.165, 1.54) is 9.21 Å². The monoisotopic (exact) mass is 393 g/mol. The molecule has 0 atom stereocenters. The van der Waals surface area contributed by atoms with Crippen molar-refractivity contribution < 1.29 is 22.7 Å². The molecule has 0 saturated carbocycles. The molecule has 8 nitrogen and oxygen atoms in total. The first-order valence-corrected chi connectivity index (χ1v) is 10.4. The van der Waals surface area contributed by atoms with E-state index < -0.39 is 16.1 Å². The molecular weight excluding hydrogens is 370 g/mol. The van der Waals surface area contributed by atoms with Crippen LogP contribution in [0.4, 0.5) is 4.79 Å². The second-order valence-corrected chi connectivity index (χ2v) is 7.89. The van der Waals surface area contributed by atoms with E-state index in [0.29, 0.717) is 43.0 Å². The number of fused-ring (bicyclic) bond motifs is 1. The molecule has 146 valence electrons. The third kappa shape index (κ3) is 3.84. The molecule has 1 amide bonds. The number of sulfonamides is 1. The SMILES string of the molecule is CCOC(=O)N1CCN(S(=O)(=O)c2ccc(OCC)c3ncccc23)CC1. The molecule has 27 heavy (non-hydrogen) atoms. The minimum atomic E-state index is -3.72. The number of benzene rings is 1. The van der Waals surface area contributed by atoms with Gasteiger partial charge in [-0.25, -0.2) is 13.2 Å². The van der Waals surface area contributed by atoms with Gasteiger partial charge in [-0.05, 0) is 38.1 Å². The first kappa shape index (κ1) is 19.4. The molecule has 0 aliphatic carbocycles. The Balaban J connectivity index is 1.88. The smallest absolute Gasteiger partial charge is 0.409 e. The van der Waals surface area contributed by atoms with Crippen LogP contribution in [0.5, 0.6) is 5.75 Å². The lowest BCUT2D eigenvalue weighted by molar-refractivity contribution is 0.0934. The summed E-state index contributed by atoms with van der Waals surface area (Å²) in [5.41, 5.74) is 0.519. The van der Waals surface area contributed by atoms with Gasteiger partial charge < -0.3 is 14.4 Å². The van der Waals surface area contributed by atoms with Gasteiger partial charge in [-0.2, -0.15) is 4.31 Å². The van der Waals surface area contributed by atoms with Crippen molar-refractivity contribution in [1.29, 1.82) is 0 Å². The number of hydrogen-bond acceptors (Lipinski definition) is 6. The Morgan fingerprint density at radius 3 is 2.52 bits per heavy atom. The molecule has 1 aromatic carbocycles. The van der Waals surface area contributed by atoms with Crippen molar-refractivity contribution in [1.82, 2.24) is 14.2 Å². The fourth-order valence-corrected chi connectivity index (χ4v) is 4.69. The summed E-state index contributed by atoms with van der Waals surface area (Å²) in [4.78, 5) is 17.8. The van der Waals surface area contributed by atoms with Crippen LogP contribution in [0, 0.1) is 0 Å². The lowest BCUT2D eigenvalue weighted by atomic mass is 10.2. The molecule has 3 rings (SSSR count). The predicted octanol–water partition coefficient (Wildman–Crippen LogP) is 2.10. The van der Waals surface area contributed by atoms with Crippen LogP contribution in [-0.2, 0) is 14.8 Å². The van der Waals surface area contributed by atoms with Crippen molar-refractivity contribution in [2.75, 3.05) is 39.4 Å². The maximum absolute atomic E-state index is 13.2. The molecule has 9 heteroatoms. The molecule has 1 aromatic heterocycles. The fraction of sp³-hybridized carbons (Fsp3) is 0.444. The largest absolute Gasteiger partial charge is 0.492 e. The maximum atomic E-state index is 13.2. The molecule has 1 saturated heterocycles. The van der Waals surface area contributed by atoms with E-state index in [2.05, 4.69) is 4.98 Å². The van der Waals surface area contributed by atoms with Crippen molar-refractivity contribution >= 4 is 27.0 Å². The highest BCUT2D eigenvalue weighted by Crippen LogP contribution is 2.31. The van der Waals surface area contributed by atoms with E-state index in [1.54, 1.807) is 37.4 Å². The molecule has 1 fully saturated rings. The summed E-state index contributed by atoms with van der Waals surface area (Å²) in [6, 6.07) is 6.63. The maximum Gasteiger partial charge on any atom is 0.409 e. The topological polar surface area (TPSA) is 89.0 Å². The highest BCUT2D eigenvalue weighted by molar-refractivity contribution is 7.89. The van der Waals surface area contributed by atoms with Gasteiger partial charge in [0.05, 0.1) is 18.1 Å². The molecule has 0 bridgehead atoms. The zero-order valence-electron chi connectivity index (χ0n) is 15.4. The van der Waals surface area contributed by atoms with Crippen molar-refractivity contribution in [2.45, 2.75) is 18.7 Å². The molecule has 1 aliphatic heterocycles. The van der Waals surface area contributed by atoms with E-state index >= 15 is 0 Å². The number of hydrogen-bond donors (Lipinski definition) is 0. The van der Waals surface area contributed by atoms with Crippen molar-refractivity contribution in [2.24, 2.45) is 0 Å². The second-order valence-electron chi connectivity index (χ2n) is 5.98. The van der Waals surface area contributed by atoms with Gasteiger partial charge in [-0.3, -0.25) is 4.98 Å². The van der Waals surface area contributed by atoms with Gasteiger partial charge in [-0.15, -0.1) is 0 Å². The van der Waals surface area contributed by atoms with Crippen LogP contribution in [0.25, 0.3) is 10.9 Å². The molecule has 2 aromatic rings. The summed E-state index contributed by atoms with van der Waals surface area (Å²) < 4.78 is 38.3. The van der Waals surface area contributed by atoms with Gasteiger partial charge in [0.1, 0.15) is 11.3 Å². The van der Waals surface area contributed by atoms with Crippen LogP contribution in [0.15, 0.2) is 35.4 Å². The Labute approximate surface area is 158 Å². The molecule has 0 unspecified atom stereocenters. The first-order chi connectivity index (χ1) is 13.0. The van der Waals surface area contributed by atoms with E-state index in [1.807, 2.05) is 6.92 Å². The Morgan fingerprint density at radius 2 is 1.85 bits per heavy atom. The number of rotatable bonds is 5. The standard InChI is InChI=1S/C18H23N3O5S/c1-3-25-15-7-8-16(14-6-5-9-19-17(14)15)27(23,24)21-12-10-20(11-13-21)18(22)26-4-2/h5-9H,3-4,10-13H2,1-2H3. The number of amides is 1. The summed E-state index contributed by atoms with van der Waals surface area (Å²) in [6.45, 7) is 5.39. The summed E-state index contributed by atoms with van der Waals surface area (Å²) in [7, 11) is -3.72. The van der Waals surface area contributed by atoms with Crippen LogP contribution in [0.2, 0.25) is 0 Å². The number of aromatic nitrogens is 1. The third-order valence-electron chi connectivity index (χ3n) is 4.37. The van der Waals surface area contributed by atoms with E-state index in [-0.39, 0.29) is 18.0 Å². The van der Waals surface area contributed by atoms with Gasteiger partial charge in [0, 0.05) is 37.8 Å². The number of nitrogens with zero attached hydrogens (tertiary/aromatic N) is 3. The molecule has 0 N–H and O–H groups in total. The van der Waals surface area contributed by atoms with Gasteiger partial charge in [0.15, 0.2) is 0 Å². The highest BCUT2D eigenvalue weighted by Gasteiger charge is 2.32. The lowest BCUT2D eigenvalue weighted by Crippen LogP contribution is -2.50. The van der Waals surface area contributed by atoms with Crippen LogP contribution >= 0.6 is 0 Å². The summed E-state index contributed by atoms with van der Waals surface area (Å²) >= 11 is 0. The number of carbonyl (C=O) groups excluding carboxylic acids is 1. The highest BCUT2D eigenvalue weighted by atomic mass is 32.2. The lowest BCUT2D eigenvalue weighted by Gasteiger charge is -2.33. The quantitative estimate of drug-likeness (QED) is 0.773. The summed E-state index contributed by atoms with van der Waals surface area (Å²) in [5, 5.41) is 0.524. The number of piperazine rings is 1. The van der Waals surface area contributed by atoms with Crippen molar-refractivity contribution in [3.05, 3.63) is 30.5 Å². The average molecular weight is 393 g/mol. The van der Waals surface area contributed by atoms with Gasteiger partial charge >= 0.3 is 6.09 Å². The molecule has 0 radical (unpaired) electrons. The first-order valence-electron chi connectivity index (χ1n) is 8.91. The molecular formula is C18H23N3O5S. The third-order valence-corrected chi connectivity index (χ3v) is 6.33. The Kier molecular flexibility index (Phi) is 5.81. The zero-order valence-corrected chi connectivity index (χ0v) is 16.2. The van der Waals surface area contributed by atoms with Crippen molar-refractivity contribution in [3.63, 3.8) is 0 Å². The molecule has 2 heterocycles. The van der Waals surface area contributed by atoms with Gasteiger partial charge in [0.25, 0.3) is 0 Å².